The van der Waals surface area contributed by atoms with E-state index >= 15 is 0 Å². The number of fused-ring (bicyclic) bond motifs is 1. The molecule has 0 spiro atoms. The molecule has 1 aromatic heterocycles. The molecule has 172 valence electrons. The third-order valence-electron chi connectivity index (χ3n) is 5.69. The van der Waals surface area contributed by atoms with Gasteiger partial charge in [-0.3, -0.25) is 9.59 Å². The van der Waals surface area contributed by atoms with Gasteiger partial charge in [-0.15, -0.1) is 0 Å². The van der Waals surface area contributed by atoms with Crippen LogP contribution in [0.5, 0.6) is 5.75 Å². The third-order valence-corrected chi connectivity index (χ3v) is 5.69. The van der Waals surface area contributed by atoms with E-state index in [0.29, 0.717) is 17.9 Å². The molecule has 1 atom stereocenters. The molecule has 0 fully saturated rings. The van der Waals surface area contributed by atoms with Gasteiger partial charge in [-0.25, -0.2) is 0 Å². The van der Waals surface area contributed by atoms with Crippen molar-refractivity contribution in [2.24, 2.45) is 0 Å². The van der Waals surface area contributed by atoms with Crippen LogP contribution in [0.15, 0.2) is 90.8 Å². The Labute approximate surface area is 198 Å². The molecule has 0 bridgehead atoms. The van der Waals surface area contributed by atoms with E-state index in [9.17, 15) is 9.59 Å². The van der Waals surface area contributed by atoms with Gasteiger partial charge in [0.05, 0.1) is 7.11 Å². The first-order valence-corrected chi connectivity index (χ1v) is 11.1. The highest BCUT2D eigenvalue weighted by Crippen LogP contribution is 2.25. The maximum absolute atomic E-state index is 13.2. The Morgan fingerprint density at radius 1 is 1.00 bits per heavy atom. The Morgan fingerprint density at radius 2 is 1.71 bits per heavy atom. The van der Waals surface area contributed by atoms with Crippen molar-refractivity contribution in [2.45, 2.75) is 12.8 Å². The van der Waals surface area contributed by atoms with E-state index in [1.807, 2.05) is 61.5 Å². The van der Waals surface area contributed by atoms with Crippen molar-refractivity contribution in [3.8, 4) is 5.75 Å². The molecule has 0 saturated heterocycles. The molecule has 4 rings (SSSR count). The molecule has 34 heavy (non-hydrogen) atoms. The number of amides is 2. The molecule has 0 aliphatic heterocycles. The quantitative estimate of drug-likeness (QED) is 0.333. The van der Waals surface area contributed by atoms with Gasteiger partial charge >= 0.3 is 0 Å². The topological polar surface area (TPSA) is 83.2 Å². The van der Waals surface area contributed by atoms with Crippen LogP contribution in [0.1, 0.15) is 34.3 Å². The zero-order chi connectivity index (χ0) is 23.9. The summed E-state index contributed by atoms with van der Waals surface area (Å²) in [6.07, 6.45) is 3.49. The number of hydrogen-bond donors (Lipinski definition) is 3. The van der Waals surface area contributed by atoms with E-state index in [2.05, 4.69) is 15.6 Å². The summed E-state index contributed by atoms with van der Waals surface area (Å²) in [5.74, 6) is 0.117. The van der Waals surface area contributed by atoms with Crippen LogP contribution in [0.3, 0.4) is 0 Å². The number of benzene rings is 3. The van der Waals surface area contributed by atoms with Crippen LogP contribution in [0.4, 0.5) is 0 Å². The van der Waals surface area contributed by atoms with Crippen molar-refractivity contribution in [3.63, 3.8) is 0 Å². The van der Waals surface area contributed by atoms with Crippen LogP contribution in [0.25, 0.3) is 17.0 Å². The monoisotopic (exact) mass is 453 g/mol. The number of carbonyl (C=O) groups is 2. The van der Waals surface area contributed by atoms with Crippen molar-refractivity contribution in [1.82, 2.24) is 15.6 Å². The molecule has 0 radical (unpaired) electrons. The first kappa shape index (κ1) is 22.9. The number of aromatic nitrogens is 1. The lowest BCUT2D eigenvalue weighted by molar-refractivity contribution is -0.117. The van der Waals surface area contributed by atoms with Gasteiger partial charge < -0.3 is 20.4 Å². The van der Waals surface area contributed by atoms with Crippen molar-refractivity contribution in [3.05, 3.63) is 107 Å². The molecule has 3 N–H and O–H groups in total. The number of nitrogens with one attached hydrogen (secondary N) is 3. The number of methoxy groups -OCH3 is 1. The maximum atomic E-state index is 13.2. The minimum absolute atomic E-state index is 0.119. The number of rotatable bonds is 8. The number of ether oxygens (including phenoxy) is 1. The van der Waals surface area contributed by atoms with Gasteiger partial charge in [-0.1, -0.05) is 55.5 Å². The first-order valence-electron chi connectivity index (χ1n) is 11.1. The fourth-order valence-electron chi connectivity index (χ4n) is 3.71. The smallest absolute Gasteiger partial charge is 0.267 e. The normalized spacial score (nSPS) is 12.2. The zero-order valence-electron chi connectivity index (χ0n) is 19.2. The number of aromatic amines is 1. The Morgan fingerprint density at radius 3 is 2.41 bits per heavy atom. The molecule has 0 aliphatic rings. The predicted octanol–water partition coefficient (Wildman–Crippen LogP) is 4.87. The molecule has 1 heterocycles. The van der Waals surface area contributed by atoms with Gasteiger partial charge in [0.2, 0.25) is 0 Å². The molecule has 0 aliphatic carbocycles. The highest BCUT2D eigenvalue weighted by Gasteiger charge is 2.17. The number of hydrogen-bond acceptors (Lipinski definition) is 3. The average Bonchev–Trinajstić information content (AvgIpc) is 3.29. The van der Waals surface area contributed by atoms with Crippen LogP contribution in [0.2, 0.25) is 0 Å². The van der Waals surface area contributed by atoms with Crippen molar-refractivity contribution >= 4 is 28.8 Å². The van der Waals surface area contributed by atoms with Crippen LogP contribution < -0.4 is 15.4 Å². The summed E-state index contributed by atoms with van der Waals surface area (Å²) < 4.78 is 5.34. The summed E-state index contributed by atoms with van der Waals surface area (Å²) in [4.78, 5) is 29.3. The zero-order valence-corrected chi connectivity index (χ0v) is 19.2. The summed E-state index contributed by atoms with van der Waals surface area (Å²) >= 11 is 0. The number of carbonyl (C=O) groups excluding carboxylic acids is 2. The van der Waals surface area contributed by atoms with Crippen molar-refractivity contribution in [2.75, 3.05) is 13.7 Å². The third kappa shape index (κ3) is 5.35. The van der Waals surface area contributed by atoms with Crippen molar-refractivity contribution < 1.29 is 14.3 Å². The molecular weight excluding hydrogens is 426 g/mol. The van der Waals surface area contributed by atoms with Crippen LogP contribution >= 0.6 is 0 Å². The Hall–Kier alpha value is -4.32. The molecule has 0 saturated carbocycles. The van der Waals surface area contributed by atoms with E-state index in [1.165, 1.54) is 0 Å². The van der Waals surface area contributed by atoms with E-state index in [4.69, 9.17) is 4.74 Å². The fraction of sp³-hybridized carbons (Fsp3) is 0.143. The predicted molar refractivity (Wildman–Crippen MR) is 135 cm³/mol. The lowest BCUT2D eigenvalue weighted by Gasteiger charge is -2.15. The van der Waals surface area contributed by atoms with Gasteiger partial charge in [0.15, 0.2) is 0 Å². The van der Waals surface area contributed by atoms with Gasteiger partial charge in [0, 0.05) is 34.8 Å². The molecule has 6 heteroatoms. The van der Waals surface area contributed by atoms with E-state index in [0.717, 1.165) is 22.0 Å². The van der Waals surface area contributed by atoms with Gasteiger partial charge in [-0.2, -0.15) is 0 Å². The van der Waals surface area contributed by atoms with Gasteiger partial charge in [-0.05, 0) is 47.9 Å². The molecular formula is C28H27N3O3. The fourth-order valence-corrected chi connectivity index (χ4v) is 3.71. The van der Waals surface area contributed by atoms with E-state index in [1.54, 1.807) is 43.6 Å². The summed E-state index contributed by atoms with van der Waals surface area (Å²) in [7, 11) is 1.61. The Kier molecular flexibility index (Phi) is 7.08. The highest BCUT2D eigenvalue weighted by molar-refractivity contribution is 6.06. The largest absolute Gasteiger partial charge is 0.497 e. The standard InChI is InChI=1S/C28H27N3O3/c1-19(20-9-5-3-6-10-20)17-30-28(33)26(31-27(32)21-11-7-4-8-12-21)15-22-18-29-25-14-13-23(34-2)16-24(22)25/h3-16,18-19,29H,17H2,1-2H3,(H,30,33)(H,31,32)/b26-15-. The first-order chi connectivity index (χ1) is 16.5. The Bertz CT molecular complexity index is 1310. The van der Waals surface area contributed by atoms with E-state index in [-0.39, 0.29) is 23.4 Å². The molecule has 1 unspecified atom stereocenters. The van der Waals surface area contributed by atoms with Gasteiger partial charge in [0.25, 0.3) is 11.8 Å². The maximum Gasteiger partial charge on any atom is 0.267 e. The van der Waals surface area contributed by atoms with Crippen LogP contribution in [-0.4, -0.2) is 30.5 Å². The minimum Gasteiger partial charge on any atom is -0.497 e. The highest BCUT2D eigenvalue weighted by atomic mass is 16.5. The lowest BCUT2D eigenvalue weighted by atomic mass is 10.0. The number of H-pyrrole nitrogens is 1. The second-order valence-electron chi connectivity index (χ2n) is 8.06. The summed E-state index contributed by atoms with van der Waals surface area (Å²) in [5, 5.41) is 6.64. The average molecular weight is 454 g/mol. The van der Waals surface area contributed by atoms with Gasteiger partial charge in [0.1, 0.15) is 11.4 Å². The van der Waals surface area contributed by atoms with Crippen LogP contribution in [0, 0.1) is 0 Å². The van der Waals surface area contributed by atoms with Crippen molar-refractivity contribution in [1.29, 1.82) is 0 Å². The summed E-state index contributed by atoms with van der Waals surface area (Å²) in [6, 6.07) is 24.5. The minimum atomic E-state index is -0.357. The molecule has 4 aromatic rings. The molecule has 6 nitrogen and oxygen atoms in total. The second-order valence-corrected chi connectivity index (χ2v) is 8.06. The van der Waals surface area contributed by atoms with Crippen LogP contribution in [-0.2, 0) is 4.79 Å². The molecule has 3 aromatic carbocycles. The summed E-state index contributed by atoms with van der Waals surface area (Å²) in [6.45, 7) is 2.48. The lowest BCUT2D eigenvalue weighted by Crippen LogP contribution is -2.36. The summed E-state index contributed by atoms with van der Waals surface area (Å²) in [5.41, 5.74) is 3.44. The molecule has 2 amide bonds. The Balaban J connectivity index is 1.61. The van der Waals surface area contributed by atoms with E-state index < -0.39 is 0 Å². The second kappa shape index (κ2) is 10.5. The SMILES string of the molecule is COc1ccc2[nH]cc(/C=C(\NC(=O)c3ccccc3)C(=O)NCC(C)c3ccccc3)c2c1.